The highest BCUT2D eigenvalue weighted by Gasteiger charge is 2.39. The number of hydrogen-bond donors (Lipinski definition) is 4. The predicted molar refractivity (Wildman–Crippen MR) is 119 cm³/mol. The first-order valence-corrected chi connectivity index (χ1v) is 10.5. The molecule has 0 aliphatic carbocycles. The van der Waals surface area contributed by atoms with E-state index in [0.29, 0.717) is 6.07 Å². The summed E-state index contributed by atoms with van der Waals surface area (Å²) in [5.74, 6) is -4.33. The second kappa shape index (κ2) is 7.92. The van der Waals surface area contributed by atoms with Gasteiger partial charge in [-0.2, -0.15) is 13.2 Å². The van der Waals surface area contributed by atoms with E-state index in [1.54, 1.807) is 0 Å². The Morgan fingerprint density at radius 1 is 1.00 bits per heavy atom. The molecule has 1 aliphatic rings. The van der Waals surface area contributed by atoms with Gasteiger partial charge >= 0.3 is 6.18 Å². The van der Waals surface area contributed by atoms with E-state index < -0.39 is 57.9 Å². The molecular weight excluding hydrogens is 511 g/mol. The first kappa shape index (κ1) is 23.5. The van der Waals surface area contributed by atoms with Crippen LogP contribution in [-0.4, -0.2) is 22.0 Å². The highest BCUT2D eigenvalue weighted by molar-refractivity contribution is 6.31. The molecule has 4 aromatic rings. The number of carbonyl (C=O) groups is 2. The number of halogens is 6. The number of aromatic amines is 2. The molecule has 5 N–H and O–H groups in total. The van der Waals surface area contributed by atoms with Crippen LogP contribution in [0.1, 0.15) is 43.4 Å². The van der Waals surface area contributed by atoms with Gasteiger partial charge in [-0.15, -0.1) is 0 Å². The van der Waals surface area contributed by atoms with Crippen molar-refractivity contribution in [2.75, 3.05) is 0 Å². The van der Waals surface area contributed by atoms with E-state index in [1.807, 2.05) is 0 Å². The second-order valence-corrected chi connectivity index (χ2v) is 8.44. The Kier molecular flexibility index (Phi) is 5.18. The number of fused-ring (bicyclic) bond motifs is 3. The highest BCUT2D eigenvalue weighted by atomic mass is 35.5. The molecular formula is C23H12ClF5N4O3. The van der Waals surface area contributed by atoms with Gasteiger partial charge in [0, 0.05) is 21.7 Å². The molecule has 184 valence electrons. The number of alkyl halides is 3. The number of aromatic nitrogens is 2. The summed E-state index contributed by atoms with van der Waals surface area (Å²) < 4.78 is 69.4. The van der Waals surface area contributed by atoms with Crippen molar-refractivity contribution in [2.45, 2.75) is 12.2 Å². The lowest BCUT2D eigenvalue weighted by Gasteiger charge is -2.20. The molecule has 2 amide bonds. The van der Waals surface area contributed by atoms with E-state index in [4.69, 9.17) is 17.3 Å². The van der Waals surface area contributed by atoms with Gasteiger partial charge in [-0.3, -0.25) is 24.6 Å². The summed E-state index contributed by atoms with van der Waals surface area (Å²) in [6.07, 6.45) is -5.00. The van der Waals surface area contributed by atoms with E-state index in [1.165, 1.54) is 6.07 Å². The minimum absolute atomic E-state index is 0.0132. The maximum atomic E-state index is 15.4. The van der Waals surface area contributed by atoms with Gasteiger partial charge in [-0.05, 0) is 42.0 Å². The molecule has 13 heteroatoms. The Labute approximate surface area is 202 Å². The zero-order valence-electron chi connectivity index (χ0n) is 17.6. The standard InChI is InChI=1S/C23H12ClF5N4O3/c24-13-2-1-8(25)5-9(13)18-16-10(6-12-19(32-33-21(12)35)17(16)22(36)31-18)15-11(20(30)34)3-7(4-14(15)26)23(27,28)29/h1-6,18H,(H2,30,34)(H,31,36)(H2,32,33,35). The van der Waals surface area contributed by atoms with Gasteiger partial charge < -0.3 is 11.1 Å². The van der Waals surface area contributed by atoms with Crippen LogP contribution in [0.2, 0.25) is 5.02 Å². The molecule has 0 spiro atoms. The number of nitrogens with one attached hydrogen (secondary N) is 3. The van der Waals surface area contributed by atoms with Crippen molar-refractivity contribution in [2.24, 2.45) is 5.73 Å². The van der Waals surface area contributed by atoms with Crippen LogP contribution in [0.3, 0.4) is 0 Å². The number of hydrogen-bond acceptors (Lipinski definition) is 3. The first-order valence-electron chi connectivity index (χ1n) is 10.1. The van der Waals surface area contributed by atoms with Gasteiger partial charge in [-0.25, -0.2) is 8.78 Å². The van der Waals surface area contributed by atoms with Gasteiger partial charge in [0.1, 0.15) is 11.6 Å². The van der Waals surface area contributed by atoms with Crippen molar-refractivity contribution in [1.29, 1.82) is 0 Å². The van der Waals surface area contributed by atoms with Crippen LogP contribution in [0.4, 0.5) is 22.0 Å². The van der Waals surface area contributed by atoms with E-state index in [2.05, 4.69) is 15.5 Å². The van der Waals surface area contributed by atoms with E-state index in [-0.39, 0.29) is 44.2 Å². The number of H-pyrrole nitrogens is 2. The Hall–Kier alpha value is -4.19. The Bertz CT molecular complexity index is 1680. The van der Waals surface area contributed by atoms with Crippen LogP contribution in [-0.2, 0) is 6.18 Å². The van der Waals surface area contributed by atoms with Crippen molar-refractivity contribution >= 4 is 34.3 Å². The number of amides is 2. The monoisotopic (exact) mass is 522 g/mol. The predicted octanol–water partition coefficient (Wildman–Crippen LogP) is 4.41. The van der Waals surface area contributed by atoms with Gasteiger partial charge in [0.05, 0.1) is 33.6 Å². The number of rotatable bonds is 3. The number of carbonyl (C=O) groups excluding carboxylic acids is 2. The summed E-state index contributed by atoms with van der Waals surface area (Å²) in [5.41, 5.74) is 1.22. The van der Waals surface area contributed by atoms with Crippen molar-refractivity contribution in [3.63, 3.8) is 0 Å². The lowest BCUT2D eigenvalue weighted by molar-refractivity contribution is -0.137. The first-order chi connectivity index (χ1) is 16.9. The molecule has 0 saturated heterocycles. The van der Waals surface area contributed by atoms with Crippen molar-refractivity contribution in [1.82, 2.24) is 15.5 Å². The Morgan fingerprint density at radius 2 is 1.72 bits per heavy atom. The smallest absolute Gasteiger partial charge is 0.366 e. The van der Waals surface area contributed by atoms with E-state index >= 15 is 4.39 Å². The molecule has 5 rings (SSSR count). The van der Waals surface area contributed by atoms with Gasteiger partial charge in [0.15, 0.2) is 0 Å². The molecule has 1 aliphatic heterocycles. The zero-order valence-corrected chi connectivity index (χ0v) is 18.4. The minimum Gasteiger partial charge on any atom is -0.366 e. The molecule has 0 bridgehead atoms. The molecule has 0 fully saturated rings. The third-order valence-corrected chi connectivity index (χ3v) is 6.27. The summed E-state index contributed by atoms with van der Waals surface area (Å²) in [5, 5.41) is 7.27. The fourth-order valence-electron chi connectivity index (χ4n) is 4.42. The van der Waals surface area contributed by atoms with Crippen LogP contribution in [0.15, 0.2) is 41.2 Å². The number of primary amides is 1. The topological polar surface area (TPSA) is 121 Å². The zero-order chi connectivity index (χ0) is 26.1. The van der Waals surface area contributed by atoms with Crippen LogP contribution in [0, 0.1) is 11.6 Å². The maximum Gasteiger partial charge on any atom is 0.416 e. The fraction of sp³-hybridized carbons (Fsp3) is 0.0870. The summed E-state index contributed by atoms with van der Waals surface area (Å²) in [4.78, 5) is 37.6. The lowest BCUT2D eigenvalue weighted by atomic mass is 9.86. The van der Waals surface area contributed by atoms with Crippen molar-refractivity contribution in [3.8, 4) is 11.1 Å². The van der Waals surface area contributed by atoms with E-state index in [0.717, 1.165) is 18.2 Å². The number of benzene rings is 3. The third-order valence-electron chi connectivity index (χ3n) is 5.93. The lowest BCUT2D eigenvalue weighted by Crippen LogP contribution is -2.21. The molecule has 3 aromatic carbocycles. The molecule has 1 aromatic heterocycles. The summed E-state index contributed by atoms with van der Waals surface area (Å²) in [7, 11) is 0. The fourth-order valence-corrected chi connectivity index (χ4v) is 4.65. The van der Waals surface area contributed by atoms with Gasteiger partial charge in [0.25, 0.3) is 11.5 Å². The highest BCUT2D eigenvalue weighted by Crippen LogP contribution is 2.45. The Morgan fingerprint density at radius 3 is 2.39 bits per heavy atom. The molecule has 2 heterocycles. The average molecular weight is 523 g/mol. The molecule has 7 nitrogen and oxygen atoms in total. The third kappa shape index (κ3) is 3.52. The molecule has 0 radical (unpaired) electrons. The maximum absolute atomic E-state index is 15.4. The molecule has 1 atom stereocenters. The molecule has 0 saturated carbocycles. The summed E-state index contributed by atoms with van der Waals surface area (Å²) >= 11 is 6.24. The van der Waals surface area contributed by atoms with Crippen LogP contribution in [0.5, 0.6) is 0 Å². The number of nitrogens with two attached hydrogens (primary N) is 1. The van der Waals surface area contributed by atoms with Crippen LogP contribution < -0.4 is 16.6 Å². The van der Waals surface area contributed by atoms with Crippen molar-refractivity contribution in [3.05, 3.63) is 91.2 Å². The molecule has 1 unspecified atom stereocenters. The summed E-state index contributed by atoms with van der Waals surface area (Å²) in [6, 6.07) is 3.77. The van der Waals surface area contributed by atoms with Crippen LogP contribution in [0.25, 0.3) is 22.0 Å². The largest absolute Gasteiger partial charge is 0.416 e. The van der Waals surface area contributed by atoms with Gasteiger partial charge in [0.2, 0.25) is 5.91 Å². The Balaban J connectivity index is 1.93. The van der Waals surface area contributed by atoms with Crippen LogP contribution >= 0.6 is 11.6 Å². The molecule has 36 heavy (non-hydrogen) atoms. The second-order valence-electron chi connectivity index (χ2n) is 8.03. The van der Waals surface area contributed by atoms with E-state index in [9.17, 15) is 31.9 Å². The average Bonchev–Trinajstić information content (AvgIpc) is 3.33. The normalized spacial score (nSPS) is 15.3. The van der Waals surface area contributed by atoms with Crippen molar-refractivity contribution < 1.29 is 31.5 Å². The van der Waals surface area contributed by atoms with Gasteiger partial charge in [-0.1, -0.05) is 11.6 Å². The minimum atomic E-state index is -5.00. The SMILES string of the molecule is NC(=O)c1cc(C(F)(F)F)cc(F)c1-c1cc2c(=O)[nH][nH]c2c2c1C(c1cc(F)ccc1Cl)NC2=O. The summed E-state index contributed by atoms with van der Waals surface area (Å²) in [6.45, 7) is 0. The quantitative estimate of drug-likeness (QED) is 0.298.